The van der Waals surface area contributed by atoms with Crippen molar-refractivity contribution >= 4 is 40.5 Å². The van der Waals surface area contributed by atoms with Crippen LogP contribution in [0.15, 0.2) is 24.3 Å². The van der Waals surface area contributed by atoms with Gasteiger partial charge in [-0.1, -0.05) is 23.2 Å². The minimum atomic E-state index is 0.568. The van der Waals surface area contributed by atoms with E-state index in [1.165, 1.54) is 0 Å². The average molecular weight is 341 g/mol. The van der Waals surface area contributed by atoms with Crippen LogP contribution in [0.25, 0.3) is 0 Å². The fourth-order valence-corrected chi connectivity index (χ4v) is 2.46. The van der Waals surface area contributed by atoms with Crippen LogP contribution in [0.1, 0.15) is 12.2 Å². The van der Waals surface area contributed by atoms with Gasteiger partial charge in [-0.2, -0.15) is 0 Å². The van der Waals surface area contributed by atoms with Crippen molar-refractivity contribution in [3.8, 4) is 0 Å². The van der Waals surface area contributed by atoms with Gasteiger partial charge in [-0.15, -0.1) is 0 Å². The number of aryl methyl sites for hydroxylation is 1. The lowest BCUT2D eigenvalue weighted by molar-refractivity contribution is 0.198. The number of nitrogens with zero attached hydrogens (tertiary/aromatic N) is 2. The van der Waals surface area contributed by atoms with E-state index in [1.807, 2.05) is 13.0 Å². The second-order valence-corrected chi connectivity index (χ2v) is 5.61. The number of hydrogen-bond acceptors (Lipinski definition) is 5. The first-order chi connectivity index (χ1) is 10.6. The predicted octanol–water partition coefficient (Wildman–Crippen LogP) is 4.28. The summed E-state index contributed by atoms with van der Waals surface area (Å²) in [5, 5.41) is 7.57. The second kappa shape index (κ2) is 8.17. The van der Waals surface area contributed by atoms with Crippen molar-refractivity contribution < 1.29 is 4.74 Å². The molecule has 0 atom stereocenters. The Bertz CT molecular complexity index is 617. The van der Waals surface area contributed by atoms with E-state index in [4.69, 9.17) is 27.9 Å². The molecule has 7 heteroatoms. The van der Waals surface area contributed by atoms with Gasteiger partial charge < -0.3 is 15.4 Å². The smallest absolute Gasteiger partial charge is 0.136 e. The minimum Gasteiger partial charge on any atom is -0.385 e. The molecule has 0 saturated carbocycles. The monoisotopic (exact) mass is 340 g/mol. The van der Waals surface area contributed by atoms with Crippen molar-refractivity contribution in [3.63, 3.8) is 0 Å². The highest BCUT2D eigenvalue weighted by Crippen LogP contribution is 2.25. The first kappa shape index (κ1) is 16.8. The normalized spacial score (nSPS) is 10.5. The number of nitrogens with one attached hydrogen (secondary N) is 2. The first-order valence-electron chi connectivity index (χ1n) is 6.88. The fourth-order valence-electron chi connectivity index (χ4n) is 1.93. The lowest BCUT2D eigenvalue weighted by Crippen LogP contribution is -2.08. The number of halogens is 2. The Labute approximate surface area is 140 Å². The Hall–Kier alpha value is -1.56. The van der Waals surface area contributed by atoms with Gasteiger partial charge in [0.15, 0.2) is 0 Å². The topological polar surface area (TPSA) is 59.1 Å². The summed E-state index contributed by atoms with van der Waals surface area (Å²) in [6.07, 6.45) is 0.909. The Morgan fingerprint density at radius 1 is 1.05 bits per heavy atom. The third-order valence-corrected chi connectivity index (χ3v) is 3.24. The summed E-state index contributed by atoms with van der Waals surface area (Å²) in [5.74, 6) is 2.12. The molecule has 2 aromatic rings. The zero-order valence-electron chi connectivity index (χ0n) is 12.5. The van der Waals surface area contributed by atoms with Crippen LogP contribution in [-0.2, 0) is 4.74 Å². The fraction of sp³-hybridized carbons (Fsp3) is 0.333. The quantitative estimate of drug-likeness (QED) is 0.736. The van der Waals surface area contributed by atoms with Gasteiger partial charge in [0.1, 0.15) is 17.5 Å². The van der Waals surface area contributed by atoms with E-state index in [0.717, 1.165) is 24.5 Å². The van der Waals surface area contributed by atoms with Gasteiger partial charge in [0, 0.05) is 42.1 Å². The standard InChI is InChI=1S/C15H18Cl2N4O/c1-10-19-14(18-4-3-5-22-2)9-15(20-10)21-13-7-11(16)6-12(17)8-13/h6-9H,3-5H2,1-2H3,(H2,18,19,20,21). The molecule has 1 aromatic heterocycles. The van der Waals surface area contributed by atoms with Gasteiger partial charge in [0.2, 0.25) is 0 Å². The van der Waals surface area contributed by atoms with Crippen molar-refractivity contribution in [1.29, 1.82) is 0 Å². The van der Waals surface area contributed by atoms with Gasteiger partial charge in [-0.05, 0) is 31.5 Å². The maximum atomic E-state index is 6.00. The molecule has 0 fully saturated rings. The lowest BCUT2D eigenvalue weighted by atomic mass is 10.3. The van der Waals surface area contributed by atoms with Crippen LogP contribution in [0.3, 0.4) is 0 Å². The van der Waals surface area contributed by atoms with Gasteiger partial charge in [0.05, 0.1) is 0 Å². The molecule has 1 aromatic carbocycles. The van der Waals surface area contributed by atoms with Crippen LogP contribution in [0.2, 0.25) is 10.0 Å². The number of anilines is 3. The molecule has 0 aliphatic carbocycles. The van der Waals surface area contributed by atoms with Crippen LogP contribution in [0, 0.1) is 6.92 Å². The van der Waals surface area contributed by atoms with Gasteiger partial charge in [-0.25, -0.2) is 9.97 Å². The summed E-state index contributed by atoms with van der Waals surface area (Å²) in [6, 6.07) is 7.10. The molecule has 1 heterocycles. The van der Waals surface area contributed by atoms with E-state index in [1.54, 1.807) is 25.3 Å². The molecule has 118 valence electrons. The number of benzene rings is 1. The number of hydrogen-bond donors (Lipinski definition) is 2. The summed E-state index contributed by atoms with van der Waals surface area (Å²) in [5.41, 5.74) is 0.779. The SMILES string of the molecule is COCCCNc1cc(Nc2cc(Cl)cc(Cl)c2)nc(C)n1. The predicted molar refractivity (Wildman–Crippen MR) is 91.5 cm³/mol. The van der Waals surface area contributed by atoms with Gasteiger partial charge in [0.25, 0.3) is 0 Å². The Kier molecular flexibility index (Phi) is 6.24. The van der Waals surface area contributed by atoms with Crippen molar-refractivity contribution in [3.05, 3.63) is 40.1 Å². The zero-order chi connectivity index (χ0) is 15.9. The molecular weight excluding hydrogens is 323 g/mol. The number of rotatable bonds is 7. The first-order valence-corrected chi connectivity index (χ1v) is 7.64. The summed E-state index contributed by atoms with van der Waals surface area (Å²) in [4.78, 5) is 8.71. The Morgan fingerprint density at radius 3 is 2.41 bits per heavy atom. The zero-order valence-corrected chi connectivity index (χ0v) is 14.0. The summed E-state index contributed by atoms with van der Waals surface area (Å²) >= 11 is 12.0. The number of aromatic nitrogens is 2. The van der Waals surface area contributed by atoms with Crippen LogP contribution in [-0.4, -0.2) is 30.2 Å². The third-order valence-electron chi connectivity index (χ3n) is 2.80. The molecule has 5 nitrogen and oxygen atoms in total. The van der Waals surface area contributed by atoms with E-state index >= 15 is 0 Å². The molecule has 0 aliphatic rings. The van der Waals surface area contributed by atoms with Crippen molar-refractivity contribution in [2.24, 2.45) is 0 Å². The molecule has 2 rings (SSSR count). The molecule has 0 amide bonds. The maximum absolute atomic E-state index is 6.00. The molecular formula is C15H18Cl2N4O. The molecule has 22 heavy (non-hydrogen) atoms. The van der Waals surface area contributed by atoms with Gasteiger partial charge >= 0.3 is 0 Å². The average Bonchev–Trinajstić information content (AvgIpc) is 2.42. The minimum absolute atomic E-state index is 0.568. The van der Waals surface area contributed by atoms with Crippen molar-refractivity contribution in [2.45, 2.75) is 13.3 Å². The summed E-state index contributed by atoms with van der Waals surface area (Å²) in [6.45, 7) is 3.34. The van der Waals surface area contributed by atoms with Crippen molar-refractivity contribution in [2.75, 3.05) is 30.9 Å². The highest BCUT2D eigenvalue weighted by atomic mass is 35.5. The summed E-state index contributed by atoms with van der Waals surface area (Å²) < 4.78 is 5.02. The Morgan fingerprint density at radius 2 is 1.73 bits per heavy atom. The van der Waals surface area contributed by atoms with Crippen LogP contribution < -0.4 is 10.6 Å². The van der Waals surface area contributed by atoms with Crippen LogP contribution in [0.4, 0.5) is 17.3 Å². The molecule has 0 aliphatic heterocycles. The van der Waals surface area contributed by atoms with E-state index < -0.39 is 0 Å². The maximum Gasteiger partial charge on any atom is 0.136 e. The highest BCUT2D eigenvalue weighted by Gasteiger charge is 2.04. The molecule has 0 spiro atoms. The van der Waals surface area contributed by atoms with E-state index in [-0.39, 0.29) is 0 Å². The molecule has 2 N–H and O–H groups in total. The van der Waals surface area contributed by atoms with E-state index in [2.05, 4.69) is 20.6 Å². The number of ether oxygens (including phenoxy) is 1. The molecule has 0 radical (unpaired) electrons. The van der Waals surface area contributed by atoms with Gasteiger partial charge in [-0.3, -0.25) is 0 Å². The lowest BCUT2D eigenvalue weighted by Gasteiger charge is -2.10. The van der Waals surface area contributed by atoms with Crippen LogP contribution >= 0.6 is 23.2 Å². The summed E-state index contributed by atoms with van der Waals surface area (Å²) in [7, 11) is 1.69. The highest BCUT2D eigenvalue weighted by molar-refractivity contribution is 6.35. The molecule has 0 bridgehead atoms. The molecule has 0 unspecified atom stereocenters. The molecule has 0 saturated heterocycles. The number of methoxy groups -OCH3 is 1. The second-order valence-electron chi connectivity index (χ2n) is 4.74. The van der Waals surface area contributed by atoms with Crippen molar-refractivity contribution in [1.82, 2.24) is 9.97 Å². The van der Waals surface area contributed by atoms with E-state index in [9.17, 15) is 0 Å². The largest absolute Gasteiger partial charge is 0.385 e. The van der Waals surface area contributed by atoms with E-state index in [0.29, 0.717) is 28.3 Å². The third kappa shape index (κ3) is 5.33. The Balaban J connectivity index is 2.08. The van der Waals surface area contributed by atoms with Crippen LogP contribution in [0.5, 0.6) is 0 Å².